The van der Waals surface area contributed by atoms with E-state index >= 15 is 0 Å². The van der Waals surface area contributed by atoms with Crippen LogP contribution in [0.3, 0.4) is 0 Å². The van der Waals surface area contributed by atoms with Gasteiger partial charge in [-0.1, -0.05) is 38.1 Å². The van der Waals surface area contributed by atoms with Crippen molar-refractivity contribution < 1.29 is 24.2 Å². The number of hydrogen-bond donors (Lipinski definition) is 1. The van der Waals surface area contributed by atoms with E-state index in [0.29, 0.717) is 17.1 Å². The van der Waals surface area contributed by atoms with Crippen LogP contribution < -0.4 is 9.47 Å². The normalized spacial score (nSPS) is 17.4. The number of methoxy groups -OCH3 is 2. The summed E-state index contributed by atoms with van der Waals surface area (Å²) in [5.41, 5.74) is 2.24. The zero-order valence-corrected chi connectivity index (χ0v) is 20.4. The molecule has 1 saturated heterocycles. The summed E-state index contributed by atoms with van der Waals surface area (Å²) in [6.45, 7) is 4.23. The van der Waals surface area contributed by atoms with Gasteiger partial charge in [-0.05, 0) is 47.2 Å². The van der Waals surface area contributed by atoms with Crippen LogP contribution in [0.25, 0.3) is 5.76 Å². The second kappa shape index (κ2) is 9.73. The number of benzene rings is 2. The summed E-state index contributed by atoms with van der Waals surface area (Å²) < 4.78 is 10.9. The highest BCUT2D eigenvalue weighted by Crippen LogP contribution is 2.43. The van der Waals surface area contributed by atoms with E-state index in [4.69, 9.17) is 9.47 Å². The lowest BCUT2D eigenvalue weighted by atomic mass is 9.95. The average molecular weight is 478 g/mol. The molecule has 2 heterocycles. The quantitative estimate of drug-likeness (QED) is 0.276. The van der Waals surface area contributed by atoms with Crippen LogP contribution in [0, 0.1) is 0 Å². The van der Waals surface area contributed by atoms with E-state index in [0.717, 1.165) is 16.0 Å². The third-order valence-electron chi connectivity index (χ3n) is 6.01. The first-order valence-electron chi connectivity index (χ1n) is 11.0. The number of amides is 1. The van der Waals surface area contributed by atoms with E-state index in [-0.39, 0.29) is 23.8 Å². The topological polar surface area (TPSA) is 76.1 Å². The summed E-state index contributed by atoms with van der Waals surface area (Å²) in [5, 5.41) is 13.2. The van der Waals surface area contributed by atoms with Crippen LogP contribution in [-0.2, 0) is 16.1 Å². The molecule has 176 valence electrons. The lowest BCUT2D eigenvalue weighted by Crippen LogP contribution is -2.29. The van der Waals surface area contributed by atoms with Crippen LogP contribution in [0.2, 0.25) is 0 Å². The van der Waals surface area contributed by atoms with Crippen LogP contribution in [0.15, 0.2) is 65.6 Å². The molecule has 1 aliphatic heterocycles. The Hall–Kier alpha value is -3.58. The van der Waals surface area contributed by atoms with Crippen LogP contribution in [0.1, 0.15) is 47.4 Å². The van der Waals surface area contributed by atoms with Gasteiger partial charge in [0.1, 0.15) is 17.3 Å². The van der Waals surface area contributed by atoms with Gasteiger partial charge in [-0.2, -0.15) is 0 Å². The highest BCUT2D eigenvalue weighted by molar-refractivity contribution is 7.10. The predicted molar refractivity (Wildman–Crippen MR) is 132 cm³/mol. The van der Waals surface area contributed by atoms with Crippen molar-refractivity contribution in [3.63, 3.8) is 0 Å². The van der Waals surface area contributed by atoms with Crippen LogP contribution in [0.4, 0.5) is 0 Å². The van der Waals surface area contributed by atoms with Crippen molar-refractivity contribution in [3.05, 3.63) is 87.1 Å². The maximum Gasteiger partial charge on any atom is 0.295 e. The number of thiophene rings is 1. The fraction of sp³-hybridized carbons (Fsp3) is 0.259. The Labute approximate surface area is 203 Å². The maximum absolute atomic E-state index is 13.3. The molecule has 0 spiro atoms. The molecule has 0 radical (unpaired) electrons. The van der Waals surface area contributed by atoms with Gasteiger partial charge in [-0.15, -0.1) is 11.3 Å². The molecule has 4 rings (SSSR count). The van der Waals surface area contributed by atoms with Crippen molar-refractivity contribution in [3.8, 4) is 11.5 Å². The number of carbonyl (C=O) groups excluding carboxylic acids is 2. The Bertz CT molecular complexity index is 1250. The molecular formula is C27H27NO5S. The Kier molecular flexibility index (Phi) is 6.75. The first-order chi connectivity index (χ1) is 16.4. The van der Waals surface area contributed by atoms with Crippen LogP contribution >= 0.6 is 11.3 Å². The standard InChI is InChI=1S/C27H27NO5S/c1-16(2)19-14-17(11-12-21(19)33-4)25(29)23-24(22-10-7-13-34-22)28(27(31)26(23)30)15-18-8-5-6-9-20(18)32-3/h5-14,16,24,29H,15H2,1-4H3/b25-23-. The molecule has 7 heteroatoms. The summed E-state index contributed by atoms with van der Waals surface area (Å²) in [7, 11) is 3.17. The molecule has 1 atom stereocenters. The maximum atomic E-state index is 13.3. The monoisotopic (exact) mass is 477 g/mol. The minimum absolute atomic E-state index is 0.0854. The zero-order valence-electron chi connectivity index (χ0n) is 19.6. The zero-order chi connectivity index (χ0) is 24.4. The third kappa shape index (κ3) is 4.19. The van der Waals surface area contributed by atoms with Gasteiger partial charge in [-0.3, -0.25) is 9.59 Å². The smallest absolute Gasteiger partial charge is 0.295 e. The Balaban J connectivity index is 1.85. The molecule has 1 fully saturated rings. The molecule has 1 aliphatic rings. The second-order valence-corrected chi connectivity index (χ2v) is 9.34. The summed E-state index contributed by atoms with van der Waals surface area (Å²) in [6.07, 6.45) is 0. The van der Waals surface area contributed by atoms with Crippen LogP contribution in [0.5, 0.6) is 11.5 Å². The number of carbonyl (C=O) groups is 2. The molecule has 3 aromatic rings. The minimum Gasteiger partial charge on any atom is -0.507 e. The molecule has 2 aromatic carbocycles. The van der Waals surface area contributed by atoms with Gasteiger partial charge >= 0.3 is 0 Å². The van der Waals surface area contributed by atoms with Gasteiger partial charge in [0.05, 0.1) is 32.4 Å². The number of ether oxygens (including phenoxy) is 2. The summed E-state index contributed by atoms with van der Waals surface area (Å²) in [6, 6.07) is 15.7. The van der Waals surface area contributed by atoms with Crippen molar-refractivity contribution in [2.24, 2.45) is 0 Å². The predicted octanol–water partition coefficient (Wildman–Crippen LogP) is 5.51. The number of ketones is 1. The first-order valence-corrected chi connectivity index (χ1v) is 11.9. The Morgan fingerprint density at radius 2 is 1.76 bits per heavy atom. The summed E-state index contributed by atoms with van der Waals surface area (Å²) in [5.74, 6) is -0.0622. The first kappa shape index (κ1) is 23.6. The van der Waals surface area contributed by atoms with Crippen molar-refractivity contribution in [2.75, 3.05) is 14.2 Å². The molecule has 0 bridgehead atoms. The molecule has 6 nitrogen and oxygen atoms in total. The largest absolute Gasteiger partial charge is 0.507 e. The van der Waals surface area contributed by atoms with Gasteiger partial charge in [0.25, 0.3) is 11.7 Å². The SMILES string of the molecule is COc1ccccc1CN1C(=O)C(=O)/C(=C(\O)c2ccc(OC)c(C(C)C)c2)C1c1cccs1. The molecule has 34 heavy (non-hydrogen) atoms. The number of nitrogens with zero attached hydrogens (tertiary/aromatic N) is 1. The van der Waals surface area contributed by atoms with E-state index in [1.54, 1.807) is 26.4 Å². The Morgan fingerprint density at radius 3 is 2.41 bits per heavy atom. The van der Waals surface area contributed by atoms with E-state index in [9.17, 15) is 14.7 Å². The molecule has 1 unspecified atom stereocenters. The molecular weight excluding hydrogens is 450 g/mol. The van der Waals surface area contributed by atoms with E-state index < -0.39 is 17.7 Å². The highest BCUT2D eigenvalue weighted by atomic mass is 32.1. The number of aliphatic hydroxyl groups excluding tert-OH is 1. The lowest BCUT2D eigenvalue weighted by Gasteiger charge is -2.25. The summed E-state index contributed by atoms with van der Waals surface area (Å²) >= 11 is 1.44. The fourth-order valence-corrected chi connectivity index (χ4v) is 5.14. The van der Waals surface area contributed by atoms with Crippen LogP contribution in [-0.4, -0.2) is 35.9 Å². The van der Waals surface area contributed by atoms with E-state index in [1.165, 1.54) is 16.2 Å². The minimum atomic E-state index is -0.701. The van der Waals surface area contributed by atoms with Gasteiger partial charge in [0.15, 0.2) is 0 Å². The van der Waals surface area contributed by atoms with E-state index in [1.807, 2.05) is 61.7 Å². The molecule has 0 aliphatic carbocycles. The Morgan fingerprint density at radius 1 is 1.03 bits per heavy atom. The fourth-order valence-electron chi connectivity index (χ4n) is 4.29. The van der Waals surface area contributed by atoms with Crippen molar-refractivity contribution in [1.82, 2.24) is 4.90 Å². The number of para-hydroxylation sites is 1. The van der Waals surface area contributed by atoms with Gasteiger partial charge in [0.2, 0.25) is 0 Å². The molecule has 1 N–H and O–H groups in total. The van der Waals surface area contributed by atoms with Gasteiger partial charge < -0.3 is 19.5 Å². The number of Topliss-reactive ketones (excluding diaryl/α,β-unsaturated/α-hetero) is 1. The number of likely N-dealkylation sites (tertiary alicyclic amines) is 1. The third-order valence-corrected chi connectivity index (χ3v) is 6.94. The lowest BCUT2D eigenvalue weighted by molar-refractivity contribution is -0.140. The second-order valence-electron chi connectivity index (χ2n) is 8.37. The average Bonchev–Trinajstić information content (AvgIpc) is 3.46. The highest BCUT2D eigenvalue weighted by Gasteiger charge is 2.46. The molecule has 0 saturated carbocycles. The van der Waals surface area contributed by atoms with Crippen molar-refractivity contribution in [2.45, 2.75) is 32.4 Å². The van der Waals surface area contributed by atoms with Crippen molar-refractivity contribution >= 4 is 28.8 Å². The number of aliphatic hydroxyl groups is 1. The number of rotatable bonds is 7. The summed E-state index contributed by atoms with van der Waals surface area (Å²) in [4.78, 5) is 28.8. The van der Waals surface area contributed by atoms with Gasteiger partial charge in [0, 0.05) is 16.0 Å². The molecule has 1 aromatic heterocycles. The van der Waals surface area contributed by atoms with Gasteiger partial charge in [-0.25, -0.2) is 0 Å². The molecule has 1 amide bonds. The number of hydrogen-bond acceptors (Lipinski definition) is 6. The van der Waals surface area contributed by atoms with E-state index in [2.05, 4.69) is 0 Å². The van der Waals surface area contributed by atoms with Crippen molar-refractivity contribution in [1.29, 1.82) is 0 Å².